The first-order chi connectivity index (χ1) is 7.73. The molecule has 1 rings (SSSR count). The molecule has 96 valence electrons. The highest BCUT2D eigenvalue weighted by Crippen LogP contribution is 2.41. The molecule has 1 aromatic rings. The summed E-state index contributed by atoms with van der Waals surface area (Å²) >= 11 is 0. The van der Waals surface area contributed by atoms with E-state index in [-0.39, 0.29) is 5.56 Å². The average Bonchev–Trinajstić information content (AvgIpc) is 2.26. The van der Waals surface area contributed by atoms with Crippen molar-refractivity contribution in [2.75, 3.05) is 6.54 Å². The first-order valence-electron chi connectivity index (χ1n) is 5.29. The number of nitrogens with two attached hydrogens (primary N) is 1. The van der Waals surface area contributed by atoms with Gasteiger partial charge in [-0.2, -0.15) is 13.2 Å². The Morgan fingerprint density at radius 3 is 1.88 bits per heavy atom. The van der Waals surface area contributed by atoms with Gasteiger partial charge < -0.3 is 5.73 Å². The van der Waals surface area contributed by atoms with Gasteiger partial charge >= 0.3 is 6.18 Å². The second-order valence-electron chi connectivity index (χ2n) is 4.26. The third kappa shape index (κ3) is 2.60. The molecule has 0 aliphatic carbocycles. The Balaban J connectivity index is 3.40. The van der Waals surface area contributed by atoms with Crippen LogP contribution in [0.2, 0.25) is 0 Å². The van der Waals surface area contributed by atoms with Gasteiger partial charge in [0, 0.05) is 12.1 Å². The zero-order valence-electron chi connectivity index (χ0n) is 9.68. The molecule has 0 fully saturated rings. The monoisotopic (exact) mass is 249 g/mol. The summed E-state index contributed by atoms with van der Waals surface area (Å²) in [6, 6.07) is 4.65. The zero-order valence-corrected chi connectivity index (χ0v) is 9.68. The second-order valence-corrected chi connectivity index (χ2v) is 4.26. The molecule has 1 nitrogen and oxygen atoms in total. The quantitative estimate of drug-likeness (QED) is 0.815. The van der Waals surface area contributed by atoms with Crippen LogP contribution < -0.4 is 5.73 Å². The summed E-state index contributed by atoms with van der Waals surface area (Å²) in [5.41, 5.74) is 1.81. The number of hydrogen-bond acceptors (Lipinski definition) is 1. The van der Waals surface area contributed by atoms with Crippen molar-refractivity contribution in [1.82, 2.24) is 0 Å². The molecule has 0 saturated heterocycles. The van der Waals surface area contributed by atoms with Crippen LogP contribution in [0.4, 0.5) is 17.6 Å². The van der Waals surface area contributed by atoms with Crippen molar-refractivity contribution in [3.05, 3.63) is 35.4 Å². The van der Waals surface area contributed by atoms with E-state index in [1.54, 1.807) is 0 Å². The second kappa shape index (κ2) is 4.64. The van der Waals surface area contributed by atoms with Crippen LogP contribution in [-0.4, -0.2) is 6.54 Å². The minimum absolute atomic E-state index is 0.384. The first-order valence-corrected chi connectivity index (χ1v) is 5.29. The average molecular weight is 249 g/mol. The van der Waals surface area contributed by atoms with Crippen LogP contribution in [-0.2, 0) is 11.8 Å². The van der Waals surface area contributed by atoms with Crippen LogP contribution in [0.5, 0.6) is 0 Å². The summed E-state index contributed by atoms with van der Waals surface area (Å²) in [5, 5.41) is 0. The zero-order chi connectivity index (χ0) is 13.3. The Labute approximate surface area is 97.6 Å². The molecule has 0 spiro atoms. The van der Waals surface area contributed by atoms with E-state index in [0.29, 0.717) is 0 Å². The summed E-state index contributed by atoms with van der Waals surface area (Å²) in [4.78, 5) is 0. The van der Waals surface area contributed by atoms with Gasteiger partial charge in [-0.3, -0.25) is 0 Å². The molecule has 2 N–H and O–H groups in total. The number of hydrogen-bond donors (Lipinski definition) is 1. The van der Waals surface area contributed by atoms with Gasteiger partial charge in [0.1, 0.15) is 0 Å². The molecule has 0 aliphatic rings. The normalized spacial score (nSPS) is 16.0. The van der Waals surface area contributed by atoms with Gasteiger partial charge in [0.05, 0.1) is 5.56 Å². The molecule has 0 aliphatic heterocycles. The van der Waals surface area contributed by atoms with Crippen molar-refractivity contribution in [3.63, 3.8) is 0 Å². The van der Waals surface area contributed by atoms with Crippen LogP contribution in [0.3, 0.4) is 0 Å². The first kappa shape index (κ1) is 14.0. The van der Waals surface area contributed by atoms with Crippen LogP contribution in [0.25, 0.3) is 0 Å². The van der Waals surface area contributed by atoms with Gasteiger partial charge in [-0.1, -0.05) is 32.0 Å². The molecule has 0 heterocycles. The standard InChI is InChI=1S/C12H15F4N/c1-8(2)11(13,7-17)9-5-3-4-6-10(9)12(14,15)16/h3-6,8H,7,17H2,1-2H3. The minimum atomic E-state index is -4.57. The molecule has 0 amide bonds. The molecule has 1 aromatic carbocycles. The van der Waals surface area contributed by atoms with E-state index in [1.165, 1.54) is 26.0 Å². The number of rotatable bonds is 3. The summed E-state index contributed by atoms with van der Waals surface area (Å²) in [5.74, 6) is -0.629. The predicted octanol–water partition coefficient (Wildman–Crippen LogP) is 3.48. The van der Waals surface area contributed by atoms with Crippen LogP contribution in [0, 0.1) is 5.92 Å². The largest absolute Gasteiger partial charge is 0.416 e. The summed E-state index contributed by atoms with van der Waals surface area (Å²) in [7, 11) is 0. The van der Waals surface area contributed by atoms with Gasteiger partial charge in [0.25, 0.3) is 0 Å². The topological polar surface area (TPSA) is 26.0 Å². The lowest BCUT2D eigenvalue weighted by atomic mass is 9.82. The highest BCUT2D eigenvalue weighted by molar-refractivity contribution is 5.35. The van der Waals surface area contributed by atoms with Crippen molar-refractivity contribution in [1.29, 1.82) is 0 Å². The Morgan fingerprint density at radius 1 is 1.06 bits per heavy atom. The summed E-state index contributed by atoms with van der Waals surface area (Å²) < 4.78 is 52.9. The number of benzene rings is 1. The maximum Gasteiger partial charge on any atom is 0.416 e. The van der Waals surface area contributed by atoms with Crippen molar-refractivity contribution in [3.8, 4) is 0 Å². The fourth-order valence-corrected chi connectivity index (χ4v) is 1.75. The van der Waals surface area contributed by atoms with E-state index in [9.17, 15) is 17.6 Å². The molecule has 1 unspecified atom stereocenters. The van der Waals surface area contributed by atoms with Crippen molar-refractivity contribution in [2.45, 2.75) is 25.7 Å². The van der Waals surface area contributed by atoms with E-state index >= 15 is 0 Å². The van der Waals surface area contributed by atoms with Crippen LogP contribution >= 0.6 is 0 Å². The number of halogens is 4. The molecule has 0 saturated carbocycles. The van der Waals surface area contributed by atoms with Gasteiger partial charge in [-0.25, -0.2) is 4.39 Å². The van der Waals surface area contributed by atoms with Gasteiger partial charge in [0.2, 0.25) is 0 Å². The molecule has 0 aromatic heterocycles. The maximum atomic E-state index is 14.5. The SMILES string of the molecule is CC(C)C(F)(CN)c1ccccc1C(F)(F)F. The van der Waals surface area contributed by atoms with Crippen LogP contribution in [0.1, 0.15) is 25.0 Å². The molecular weight excluding hydrogens is 234 g/mol. The van der Waals surface area contributed by atoms with Crippen LogP contribution in [0.15, 0.2) is 24.3 Å². The smallest absolute Gasteiger partial charge is 0.327 e. The third-order valence-corrected chi connectivity index (χ3v) is 2.89. The van der Waals surface area contributed by atoms with Gasteiger partial charge in [-0.05, 0) is 12.0 Å². The van der Waals surface area contributed by atoms with Crippen molar-refractivity contribution < 1.29 is 17.6 Å². The van der Waals surface area contributed by atoms with E-state index in [0.717, 1.165) is 12.1 Å². The molecule has 5 heteroatoms. The predicted molar refractivity (Wildman–Crippen MR) is 58.1 cm³/mol. The van der Waals surface area contributed by atoms with E-state index in [1.807, 2.05) is 0 Å². The lowest BCUT2D eigenvalue weighted by Gasteiger charge is -2.30. The summed E-state index contributed by atoms with van der Waals surface area (Å²) in [6.07, 6.45) is -4.57. The molecule has 0 bridgehead atoms. The molecule has 1 atom stereocenters. The van der Waals surface area contributed by atoms with Gasteiger partial charge in [-0.15, -0.1) is 0 Å². The maximum absolute atomic E-state index is 14.5. The van der Waals surface area contributed by atoms with E-state index < -0.39 is 29.9 Å². The van der Waals surface area contributed by atoms with Crippen molar-refractivity contribution >= 4 is 0 Å². The van der Waals surface area contributed by atoms with Crippen molar-refractivity contribution in [2.24, 2.45) is 11.7 Å². The lowest BCUT2D eigenvalue weighted by molar-refractivity contribution is -0.140. The highest BCUT2D eigenvalue weighted by atomic mass is 19.4. The Morgan fingerprint density at radius 2 is 1.53 bits per heavy atom. The Bertz CT molecular complexity index is 386. The third-order valence-electron chi connectivity index (χ3n) is 2.89. The molecule has 17 heavy (non-hydrogen) atoms. The molecule has 0 radical (unpaired) electrons. The minimum Gasteiger partial charge on any atom is -0.327 e. The molecular formula is C12H15F4N. The summed E-state index contributed by atoms with van der Waals surface area (Å²) in [6.45, 7) is 2.55. The highest BCUT2D eigenvalue weighted by Gasteiger charge is 2.42. The van der Waals surface area contributed by atoms with Gasteiger partial charge in [0.15, 0.2) is 5.67 Å². The van der Waals surface area contributed by atoms with E-state index in [4.69, 9.17) is 5.73 Å². The van der Waals surface area contributed by atoms with E-state index in [2.05, 4.69) is 0 Å². The number of alkyl halides is 4. The fraction of sp³-hybridized carbons (Fsp3) is 0.500. The Hall–Kier alpha value is -1.10. The Kier molecular flexibility index (Phi) is 3.81. The lowest BCUT2D eigenvalue weighted by Crippen LogP contribution is -2.37. The fourth-order valence-electron chi connectivity index (χ4n) is 1.75.